The highest BCUT2D eigenvalue weighted by Crippen LogP contribution is 2.36. The fourth-order valence-electron chi connectivity index (χ4n) is 2.74. The molecule has 1 saturated heterocycles. The number of ether oxygens (including phenoxy) is 1. The Morgan fingerprint density at radius 3 is 2.72 bits per heavy atom. The van der Waals surface area contributed by atoms with Gasteiger partial charge in [0.2, 0.25) is 0 Å². The van der Waals surface area contributed by atoms with Gasteiger partial charge in [0.05, 0.1) is 7.11 Å². The second-order valence-electron chi connectivity index (χ2n) is 4.55. The maximum absolute atomic E-state index is 5.53. The molecule has 2 aromatic carbocycles. The first kappa shape index (κ1) is 13.2. The van der Waals surface area contributed by atoms with Crippen LogP contribution >= 0.6 is 12.4 Å². The van der Waals surface area contributed by atoms with E-state index in [1.165, 1.54) is 29.2 Å². The molecule has 18 heavy (non-hydrogen) atoms. The van der Waals surface area contributed by atoms with Crippen LogP contribution in [0.1, 0.15) is 24.4 Å². The Morgan fingerprint density at radius 1 is 1.17 bits per heavy atom. The van der Waals surface area contributed by atoms with Gasteiger partial charge < -0.3 is 10.1 Å². The minimum Gasteiger partial charge on any atom is -0.496 e. The predicted molar refractivity (Wildman–Crippen MR) is 77.7 cm³/mol. The fraction of sp³-hybridized carbons (Fsp3) is 0.333. The summed E-state index contributed by atoms with van der Waals surface area (Å²) in [5, 5.41) is 6.16. The van der Waals surface area contributed by atoms with Crippen LogP contribution in [-0.4, -0.2) is 13.7 Å². The van der Waals surface area contributed by atoms with Gasteiger partial charge in [-0.05, 0) is 36.2 Å². The molecule has 2 nitrogen and oxygen atoms in total. The van der Waals surface area contributed by atoms with Crippen LogP contribution in [0.4, 0.5) is 0 Å². The molecule has 2 aromatic rings. The molecule has 0 saturated carbocycles. The van der Waals surface area contributed by atoms with Crippen molar-refractivity contribution in [1.82, 2.24) is 5.32 Å². The van der Waals surface area contributed by atoms with E-state index < -0.39 is 0 Å². The summed E-state index contributed by atoms with van der Waals surface area (Å²) in [6.45, 7) is 1.11. The third kappa shape index (κ3) is 2.18. The first-order valence-corrected chi connectivity index (χ1v) is 6.19. The molecule has 0 spiro atoms. The number of methoxy groups -OCH3 is 1. The molecule has 0 radical (unpaired) electrons. The Balaban J connectivity index is 0.00000120. The van der Waals surface area contributed by atoms with Gasteiger partial charge in [-0.25, -0.2) is 0 Å². The number of benzene rings is 2. The van der Waals surface area contributed by atoms with Crippen LogP contribution in [0.25, 0.3) is 10.8 Å². The molecular weight excluding hydrogens is 246 g/mol. The zero-order valence-electron chi connectivity index (χ0n) is 10.5. The number of nitrogens with one attached hydrogen (secondary N) is 1. The van der Waals surface area contributed by atoms with E-state index in [9.17, 15) is 0 Å². The Morgan fingerprint density at radius 2 is 2.00 bits per heavy atom. The minimum absolute atomic E-state index is 0. The quantitative estimate of drug-likeness (QED) is 0.892. The number of hydrogen-bond donors (Lipinski definition) is 1. The maximum Gasteiger partial charge on any atom is 0.124 e. The predicted octanol–water partition coefficient (Wildman–Crippen LogP) is 3.69. The van der Waals surface area contributed by atoms with Gasteiger partial charge >= 0.3 is 0 Å². The van der Waals surface area contributed by atoms with Crippen molar-refractivity contribution >= 4 is 23.2 Å². The van der Waals surface area contributed by atoms with E-state index in [2.05, 4.69) is 41.7 Å². The van der Waals surface area contributed by atoms with Gasteiger partial charge in [-0.1, -0.05) is 30.3 Å². The molecule has 0 aliphatic carbocycles. The monoisotopic (exact) mass is 263 g/mol. The fourth-order valence-corrected chi connectivity index (χ4v) is 2.74. The molecule has 0 bridgehead atoms. The van der Waals surface area contributed by atoms with Crippen LogP contribution in [0.5, 0.6) is 5.75 Å². The minimum atomic E-state index is 0. The summed E-state index contributed by atoms with van der Waals surface area (Å²) < 4.78 is 5.53. The Kier molecular flexibility index (Phi) is 4.10. The highest BCUT2D eigenvalue weighted by Gasteiger charge is 2.21. The van der Waals surface area contributed by atoms with Crippen molar-refractivity contribution in [3.63, 3.8) is 0 Å². The largest absolute Gasteiger partial charge is 0.496 e. The van der Waals surface area contributed by atoms with Crippen molar-refractivity contribution in [3.8, 4) is 5.75 Å². The third-order valence-corrected chi connectivity index (χ3v) is 3.56. The van der Waals surface area contributed by atoms with Crippen molar-refractivity contribution in [2.75, 3.05) is 13.7 Å². The summed E-state index contributed by atoms with van der Waals surface area (Å²) in [7, 11) is 1.75. The highest BCUT2D eigenvalue weighted by atomic mass is 35.5. The average Bonchev–Trinajstić information content (AvgIpc) is 2.91. The van der Waals surface area contributed by atoms with Crippen LogP contribution in [0.3, 0.4) is 0 Å². The first-order chi connectivity index (χ1) is 8.40. The standard InChI is InChI=1S/C15H17NO.ClH/c1-17-14-9-8-11-5-2-3-6-12(11)15(14)13-7-4-10-16-13;/h2-3,5-6,8-9,13,16H,4,7,10H2,1H3;1H/t13-;/m1./s1. The summed E-state index contributed by atoms with van der Waals surface area (Å²) in [4.78, 5) is 0. The van der Waals surface area contributed by atoms with E-state index in [0.29, 0.717) is 6.04 Å². The second-order valence-corrected chi connectivity index (χ2v) is 4.55. The van der Waals surface area contributed by atoms with Gasteiger partial charge in [0.1, 0.15) is 5.75 Å². The number of halogens is 1. The molecule has 1 heterocycles. The van der Waals surface area contributed by atoms with E-state index >= 15 is 0 Å². The number of fused-ring (bicyclic) bond motifs is 1. The second kappa shape index (κ2) is 5.59. The lowest BCUT2D eigenvalue weighted by molar-refractivity contribution is 0.404. The highest BCUT2D eigenvalue weighted by molar-refractivity contribution is 5.88. The van der Waals surface area contributed by atoms with E-state index in [1.54, 1.807) is 7.11 Å². The van der Waals surface area contributed by atoms with Crippen LogP contribution in [0, 0.1) is 0 Å². The van der Waals surface area contributed by atoms with Crippen LogP contribution < -0.4 is 10.1 Å². The van der Waals surface area contributed by atoms with E-state index in [4.69, 9.17) is 4.74 Å². The molecule has 1 aliphatic heterocycles. The van der Waals surface area contributed by atoms with Crippen molar-refractivity contribution in [1.29, 1.82) is 0 Å². The van der Waals surface area contributed by atoms with Gasteiger partial charge in [-0.3, -0.25) is 0 Å². The Hall–Kier alpha value is -1.25. The van der Waals surface area contributed by atoms with Gasteiger partial charge in [0, 0.05) is 11.6 Å². The molecule has 3 rings (SSSR count). The average molecular weight is 264 g/mol. The zero-order valence-corrected chi connectivity index (χ0v) is 11.3. The molecule has 0 amide bonds. The molecular formula is C15H18ClNO. The molecule has 1 aliphatic rings. The number of rotatable bonds is 2. The van der Waals surface area contributed by atoms with E-state index in [-0.39, 0.29) is 12.4 Å². The molecule has 3 heteroatoms. The summed E-state index contributed by atoms with van der Waals surface area (Å²) in [6, 6.07) is 13.2. The van der Waals surface area contributed by atoms with E-state index in [0.717, 1.165) is 12.3 Å². The molecule has 1 atom stereocenters. The smallest absolute Gasteiger partial charge is 0.124 e. The van der Waals surface area contributed by atoms with Gasteiger partial charge in [0.15, 0.2) is 0 Å². The lowest BCUT2D eigenvalue weighted by atomic mass is 9.96. The normalized spacial score (nSPS) is 18.6. The van der Waals surface area contributed by atoms with Gasteiger partial charge in [-0.15, -0.1) is 12.4 Å². The van der Waals surface area contributed by atoms with Crippen molar-refractivity contribution in [2.24, 2.45) is 0 Å². The lowest BCUT2D eigenvalue weighted by Crippen LogP contribution is -2.14. The molecule has 96 valence electrons. The topological polar surface area (TPSA) is 21.3 Å². The molecule has 0 unspecified atom stereocenters. The Bertz CT molecular complexity index is 535. The van der Waals surface area contributed by atoms with E-state index in [1.807, 2.05) is 0 Å². The lowest BCUT2D eigenvalue weighted by Gasteiger charge is -2.17. The Labute approximate surface area is 114 Å². The summed E-state index contributed by atoms with van der Waals surface area (Å²) in [6.07, 6.45) is 2.45. The van der Waals surface area contributed by atoms with Crippen LogP contribution in [0.15, 0.2) is 36.4 Å². The van der Waals surface area contributed by atoms with Crippen LogP contribution in [0.2, 0.25) is 0 Å². The summed E-state index contributed by atoms with van der Waals surface area (Å²) >= 11 is 0. The molecule has 0 aromatic heterocycles. The third-order valence-electron chi connectivity index (χ3n) is 3.56. The molecule has 1 N–H and O–H groups in total. The van der Waals surface area contributed by atoms with Crippen molar-refractivity contribution in [2.45, 2.75) is 18.9 Å². The summed E-state index contributed by atoms with van der Waals surface area (Å²) in [5.41, 5.74) is 1.32. The van der Waals surface area contributed by atoms with Crippen molar-refractivity contribution in [3.05, 3.63) is 42.0 Å². The molecule has 1 fully saturated rings. The SMILES string of the molecule is COc1ccc2ccccc2c1[C@H]1CCCN1.Cl. The number of hydrogen-bond acceptors (Lipinski definition) is 2. The maximum atomic E-state index is 5.53. The van der Waals surface area contributed by atoms with Crippen LogP contribution in [-0.2, 0) is 0 Å². The summed E-state index contributed by atoms with van der Waals surface area (Å²) in [5.74, 6) is 1.00. The zero-order chi connectivity index (χ0) is 11.7. The van der Waals surface area contributed by atoms with Gasteiger partial charge in [-0.2, -0.15) is 0 Å². The van der Waals surface area contributed by atoms with Gasteiger partial charge in [0.25, 0.3) is 0 Å². The van der Waals surface area contributed by atoms with Crippen molar-refractivity contribution < 1.29 is 4.74 Å². The first-order valence-electron chi connectivity index (χ1n) is 6.19.